The fraction of sp³-hybridized carbons (Fsp3) is 0.917. The fourth-order valence-electron chi connectivity index (χ4n) is 2.67. The van der Waals surface area contributed by atoms with Crippen LogP contribution in [0.4, 0.5) is 0 Å². The number of carbonyl (C=O) groups excluding carboxylic acids is 1. The maximum absolute atomic E-state index is 12.2. The Hall–Kier alpha value is 0.0500. The van der Waals surface area contributed by atoms with E-state index in [9.17, 15) is 4.79 Å². The van der Waals surface area contributed by atoms with Gasteiger partial charge in [-0.2, -0.15) is 0 Å². The summed E-state index contributed by atoms with van der Waals surface area (Å²) in [4.78, 5) is 14.2. The number of nitrogens with zero attached hydrogens (tertiary/aromatic N) is 1. The van der Waals surface area contributed by atoms with Crippen molar-refractivity contribution in [2.24, 2.45) is 5.92 Å². The van der Waals surface area contributed by atoms with Crippen molar-refractivity contribution in [2.75, 3.05) is 6.54 Å². The van der Waals surface area contributed by atoms with E-state index >= 15 is 0 Å². The Kier molecular flexibility index (Phi) is 3.70. The van der Waals surface area contributed by atoms with Gasteiger partial charge in [0.15, 0.2) is 0 Å². The molecule has 1 unspecified atom stereocenters. The third-order valence-corrected chi connectivity index (χ3v) is 4.60. The largest absolute Gasteiger partial charge is 0.340 e. The van der Waals surface area contributed by atoms with Gasteiger partial charge in [0.25, 0.3) is 0 Å². The summed E-state index contributed by atoms with van der Waals surface area (Å²) in [6, 6.07) is 0.427. The summed E-state index contributed by atoms with van der Waals surface area (Å²) in [5.74, 6) is 0.0112. The van der Waals surface area contributed by atoms with Gasteiger partial charge in [0, 0.05) is 12.6 Å². The zero-order valence-electron chi connectivity index (χ0n) is 9.72. The normalized spacial score (nSPS) is 28.8. The number of rotatable bonds is 3. The Balaban J connectivity index is 1.96. The Morgan fingerprint density at radius 1 is 1.31 bits per heavy atom. The molecule has 0 aromatic carbocycles. The highest BCUT2D eigenvalue weighted by Crippen LogP contribution is 2.54. The van der Waals surface area contributed by atoms with Crippen LogP contribution in [0, 0.1) is 5.92 Å². The maximum Gasteiger partial charge on any atom is 0.229 e. The van der Waals surface area contributed by atoms with Crippen molar-refractivity contribution < 1.29 is 4.79 Å². The van der Waals surface area contributed by atoms with Crippen molar-refractivity contribution >= 4 is 29.1 Å². The minimum Gasteiger partial charge on any atom is -0.340 e. The summed E-state index contributed by atoms with van der Waals surface area (Å²) in [6.07, 6.45) is 6.70. The molecule has 0 aromatic heterocycles. The van der Waals surface area contributed by atoms with Gasteiger partial charge >= 0.3 is 0 Å². The van der Waals surface area contributed by atoms with Crippen LogP contribution in [0.2, 0.25) is 0 Å². The molecular weight excluding hydrogens is 245 g/mol. The molecule has 0 saturated heterocycles. The van der Waals surface area contributed by atoms with Gasteiger partial charge in [0.2, 0.25) is 5.91 Å². The molecule has 16 heavy (non-hydrogen) atoms. The van der Waals surface area contributed by atoms with Crippen molar-refractivity contribution in [3.05, 3.63) is 0 Å². The van der Waals surface area contributed by atoms with Gasteiger partial charge in [0.1, 0.15) is 4.33 Å². The van der Waals surface area contributed by atoms with Crippen LogP contribution in [0.1, 0.15) is 45.4 Å². The molecule has 1 atom stereocenters. The first-order chi connectivity index (χ1) is 7.56. The van der Waals surface area contributed by atoms with E-state index in [2.05, 4.69) is 0 Å². The Morgan fingerprint density at radius 2 is 1.88 bits per heavy atom. The van der Waals surface area contributed by atoms with Gasteiger partial charge in [-0.3, -0.25) is 4.79 Å². The lowest BCUT2D eigenvalue weighted by Gasteiger charge is -2.34. The van der Waals surface area contributed by atoms with Crippen molar-refractivity contribution in [1.29, 1.82) is 0 Å². The Bertz CT molecular complexity index is 274. The number of hydrogen-bond donors (Lipinski definition) is 0. The van der Waals surface area contributed by atoms with Crippen LogP contribution in [0.15, 0.2) is 0 Å². The highest BCUT2D eigenvalue weighted by Gasteiger charge is 2.57. The van der Waals surface area contributed by atoms with Crippen molar-refractivity contribution in [3.8, 4) is 0 Å². The first kappa shape index (κ1) is 12.5. The molecule has 0 heterocycles. The van der Waals surface area contributed by atoms with E-state index in [1.807, 2.05) is 11.8 Å². The van der Waals surface area contributed by atoms with Crippen LogP contribution in [0.5, 0.6) is 0 Å². The van der Waals surface area contributed by atoms with E-state index in [0.717, 1.165) is 19.4 Å². The third-order valence-electron chi connectivity index (χ3n) is 3.76. The molecule has 0 aromatic rings. The smallest absolute Gasteiger partial charge is 0.229 e. The van der Waals surface area contributed by atoms with Gasteiger partial charge in [-0.05, 0) is 26.2 Å². The topological polar surface area (TPSA) is 20.3 Å². The third kappa shape index (κ3) is 2.48. The molecule has 0 bridgehead atoms. The van der Waals surface area contributed by atoms with Crippen LogP contribution >= 0.6 is 23.2 Å². The summed E-state index contributed by atoms with van der Waals surface area (Å²) in [5.41, 5.74) is 0. The van der Waals surface area contributed by atoms with E-state index in [1.54, 1.807) is 0 Å². The monoisotopic (exact) mass is 263 g/mol. The molecular formula is C12H19Cl2NO. The number of amides is 1. The van der Waals surface area contributed by atoms with Gasteiger partial charge in [-0.25, -0.2) is 0 Å². The van der Waals surface area contributed by atoms with Gasteiger partial charge < -0.3 is 4.90 Å². The average molecular weight is 264 g/mol. The van der Waals surface area contributed by atoms with Crippen LogP contribution in [-0.4, -0.2) is 27.7 Å². The molecule has 2 nitrogen and oxygen atoms in total. The lowest BCUT2D eigenvalue weighted by Crippen LogP contribution is -2.42. The van der Waals surface area contributed by atoms with Crippen LogP contribution in [-0.2, 0) is 4.79 Å². The molecule has 0 N–H and O–H groups in total. The molecule has 2 aliphatic rings. The number of carbonyl (C=O) groups is 1. The zero-order valence-corrected chi connectivity index (χ0v) is 11.2. The number of alkyl halides is 2. The molecule has 4 heteroatoms. The van der Waals surface area contributed by atoms with Gasteiger partial charge in [-0.1, -0.05) is 19.3 Å². The van der Waals surface area contributed by atoms with Crippen LogP contribution < -0.4 is 0 Å². The minimum absolute atomic E-state index is 0.155. The molecule has 2 fully saturated rings. The second-order valence-corrected chi connectivity index (χ2v) is 6.48. The summed E-state index contributed by atoms with van der Waals surface area (Å²) >= 11 is 11.9. The Morgan fingerprint density at radius 3 is 2.31 bits per heavy atom. The highest BCUT2D eigenvalue weighted by molar-refractivity contribution is 6.52. The van der Waals surface area contributed by atoms with Crippen molar-refractivity contribution in [1.82, 2.24) is 4.90 Å². The fourth-order valence-corrected chi connectivity index (χ4v) is 3.16. The quantitative estimate of drug-likeness (QED) is 0.716. The second-order valence-electron chi connectivity index (χ2n) is 4.93. The predicted octanol–water partition coefficient (Wildman–Crippen LogP) is 3.36. The molecule has 92 valence electrons. The number of halogens is 2. The van der Waals surface area contributed by atoms with Gasteiger partial charge in [-0.15, -0.1) is 23.2 Å². The summed E-state index contributed by atoms with van der Waals surface area (Å²) < 4.78 is -0.779. The van der Waals surface area contributed by atoms with E-state index in [0.29, 0.717) is 12.5 Å². The van der Waals surface area contributed by atoms with Crippen LogP contribution in [0.25, 0.3) is 0 Å². The molecule has 0 radical (unpaired) electrons. The lowest BCUT2D eigenvalue weighted by molar-refractivity contribution is -0.135. The van der Waals surface area contributed by atoms with E-state index in [4.69, 9.17) is 23.2 Å². The standard InChI is InChI=1S/C12H19Cl2NO/c1-2-15(9-6-4-3-5-7-9)11(16)10-8-12(10,13)14/h9-10H,2-8H2,1H3. The maximum atomic E-state index is 12.2. The molecule has 2 saturated carbocycles. The van der Waals surface area contributed by atoms with E-state index < -0.39 is 4.33 Å². The highest BCUT2D eigenvalue weighted by atomic mass is 35.5. The van der Waals surface area contributed by atoms with Crippen molar-refractivity contribution in [3.63, 3.8) is 0 Å². The van der Waals surface area contributed by atoms with Gasteiger partial charge in [0.05, 0.1) is 5.92 Å². The summed E-state index contributed by atoms with van der Waals surface area (Å²) in [5, 5.41) is 0. The SMILES string of the molecule is CCN(C(=O)C1CC1(Cl)Cl)C1CCCCC1. The predicted molar refractivity (Wildman–Crippen MR) is 66.8 cm³/mol. The van der Waals surface area contributed by atoms with E-state index in [1.165, 1.54) is 19.3 Å². The molecule has 2 aliphatic carbocycles. The number of hydrogen-bond acceptors (Lipinski definition) is 1. The lowest BCUT2D eigenvalue weighted by atomic mass is 9.94. The average Bonchev–Trinajstić information content (AvgIpc) is 2.90. The molecule has 1 amide bonds. The Labute approximate surface area is 107 Å². The minimum atomic E-state index is -0.779. The van der Waals surface area contributed by atoms with Crippen LogP contribution in [0.3, 0.4) is 0 Å². The summed E-state index contributed by atoms with van der Waals surface area (Å²) in [6.45, 7) is 2.82. The zero-order chi connectivity index (χ0) is 11.8. The van der Waals surface area contributed by atoms with E-state index in [-0.39, 0.29) is 11.8 Å². The van der Waals surface area contributed by atoms with Crippen molar-refractivity contribution in [2.45, 2.75) is 55.8 Å². The molecule has 0 spiro atoms. The first-order valence-corrected chi connectivity index (χ1v) is 7.00. The molecule has 0 aliphatic heterocycles. The summed E-state index contributed by atoms with van der Waals surface area (Å²) in [7, 11) is 0. The first-order valence-electron chi connectivity index (χ1n) is 6.24. The second kappa shape index (κ2) is 4.73. The molecule has 2 rings (SSSR count).